The van der Waals surface area contributed by atoms with Gasteiger partial charge in [-0.15, -0.1) is 0 Å². The first-order valence-electron chi connectivity index (χ1n) is 8.06. The number of oxazole rings is 1. The maximum absolute atomic E-state index is 13.9. The molecule has 130 valence electrons. The summed E-state index contributed by atoms with van der Waals surface area (Å²) in [6.07, 6.45) is -0.464. The minimum atomic E-state index is -0.882. The molecule has 0 aliphatic carbocycles. The lowest BCUT2D eigenvalue weighted by molar-refractivity contribution is 0.0938. The smallest absolute Gasteiger partial charge is 0.252 e. The van der Waals surface area contributed by atoms with Crippen molar-refractivity contribution in [1.82, 2.24) is 15.2 Å². The predicted octanol–water partition coefficient (Wildman–Crippen LogP) is 3.00. The van der Waals surface area contributed by atoms with Gasteiger partial charge in [0.1, 0.15) is 11.9 Å². The van der Waals surface area contributed by atoms with E-state index in [9.17, 15) is 9.18 Å². The van der Waals surface area contributed by atoms with Crippen LogP contribution in [0.3, 0.4) is 0 Å². The van der Waals surface area contributed by atoms with E-state index < -0.39 is 6.17 Å². The van der Waals surface area contributed by atoms with Crippen LogP contribution in [0.2, 0.25) is 0 Å². The number of alkyl halides is 1. The number of nitrogens with one attached hydrogen (secondary N) is 1. The molecule has 0 spiro atoms. The Kier molecular flexibility index (Phi) is 5.01. The molecule has 1 amide bonds. The first-order chi connectivity index (χ1) is 11.4. The molecule has 1 saturated heterocycles. The Morgan fingerprint density at radius 2 is 2.25 bits per heavy atom. The van der Waals surface area contributed by atoms with E-state index in [0.29, 0.717) is 37.5 Å². The molecule has 0 bridgehead atoms. The molecule has 1 N–H and O–H groups in total. The van der Waals surface area contributed by atoms with Crippen LogP contribution >= 0.6 is 11.3 Å². The van der Waals surface area contributed by atoms with Crippen molar-refractivity contribution in [2.45, 2.75) is 46.0 Å². The van der Waals surface area contributed by atoms with Gasteiger partial charge in [-0.1, -0.05) is 0 Å². The summed E-state index contributed by atoms with van der Waals surface area (Å²) in [5.41, 5.74) is 2.52. The molecule has 1 aliphatic rings. The first-order valence-corrected chi connectivity index (χ1v) is 9.00. The first kappa shape index (κ1) is 17.1. The van der Waals surface area contributed by atoms with Crippen LogP contribution < -0.4 is 5.32 Å². The predicted molar refractivity (Wildman–Crippen MR) is 91.1 cm³/mol. The molecule has 7 heteroatoms. The molecule has 2 atom stereocenters. The Morgan fingerprint density at radius 1 is 1.46 bits per heavy atom. The van der Waals surface area contributed by atoms with Gasteiger partial charge in [0.05, 0.1) is 17.8 Å². The van der Waals surface area contributed by atoms with Gasteiger partial charge in [-0.2, -0.15) is 11.3 Å². The van der Waals surface area contributed by atoms with Crippen LogP contribution in [-0.2, 0) is 6.54 Å². The molecule has 2 aromatic heterocycles. The number of carbonyl (C=O) groups is 1. The number of hydrogen-bond acceptors (Lipinski definition) is 5. The van der Waals surface area contributed by atoms with Gasteiger partial charge >= 0.3 is 0 Å². The van der Waals surface area contributed by atoms with Gasteiger partial charge in [0.15, 0.2) is 0 Å². The van der Waals surface area contributed by atoms with Gasteiger partial charge in [-0.3, -0.25) is 9.69 Å². The molecule has 24 heavy (non-hydrogen) atoms. The molecule has 0 radical (unpaired) electrons. The Morgan fingerprint density at radius 3 is 2.88 bits per heavy atom. The Bertz CT molecular complexity index is 708. The second kappa shape index (κ2) is 7.03. The second-order valence-corrected chi connectivity index (χ2v) is 7.09. The third kappa shape index (κ3) is 3.67. The summed E-state index contributed by atoms with van der Waals surface area (Å²) in [5, 5.41) is 6.72. The van der Waals surface area contributed by atoms with E-state index in [-0.39, 0.29) is 11.9 Å². The standard InChI is InChI=1S/C17H22FN3O2S/c1-10-8-24-9-15(10)17(22)19-5-14-4-13(18)6-21(14)7-16-20-11(2)12(3)23-16/h8-9,13-14H,4-7H2,1-3H3,(H,19,22)/t13-,14-/m0/s1. The monoisotopic (exact) mass is 351 g/mol. The molecule has 3 heterocycles. The van der Waals surface area contributed by atoms with E-state index in [0.717, 1.165) is 17.0 Å². The Hall–Kier alpha value is -1.73. The van der Waals surface area contributed by atoms with Crippen molar-refractivity contribution in [1.29, 1.82) is 0 Å². The van der Waals surface area contributed by atoms with Crippen LogP contribution in [0.5, 0.6) is 0 Å². The van der Waals surface area contributed by atoms with Crippen LogP contribution in [0.25, 0.3) is 0 Å². The summed E-state index contributed by atoms with van der Waals surface area (Å²) in [4.78, 5) is 18.6. The maximum Gasteiger partial charge on any atom is 0.252 e. The highest BCUT2D eigenvalue weighted by molar-refractivity contribution is 7.08. The molecule has 1 aliphatic heterocycles. The van der Waals surface area contributed by atoms with Crippen molar-refractivity contribution in [2.75, 3.05) is 13.1 Å². The zero-order valence-electron chi connectivity index (χ0n) is 14.1. The number of carbonyl (C=O) groups excluding carboxylic acids is 1. The number of amides is 1. The largest absolute Gasteiger partial charge is 0.444 e. The molecule has 2 aromatic rings. The summed E-state index contributed by atoms with van der Waals surface area (Å²) >= 11 is 1.51. The van der Waals surface area contributed by atoms with E-state index in [2.05, 4.69) is 10.3 Å². The van der Waals surface area contributed by atoms with E-state index >= 15 is 0 Å². The number of nitrogens with zero attached hydrogens (tertiary/aromatic N) is 2. The lowest BCUT2D eigenvalue weighted by atomic mass is 10.2. The van der Waals surface area contributed by atoms with Crippen LogP contribution in [0.1, 0.15) is 39.7 Å². The second-order valence-electron chi connectivity index (χ2n) is 6.34. The van der Waals surface area contributed by atoms with Crippen molar-refractivity contribution in [3.63, 3.8) is 0 Å². The molecular weight excluding hydrogens is 329 g/mol. The summed E-state index contributed by atoms with van der Waals surface area (Å²) in [7, 11) is 0. The molecule has 1 fully saturated rings. The highest BCUT2D eigenvalue weighted by Gasteiger charge is 2.33. The fourth-order valence-electron chi connectivity index (χ4n) is 3.01. The lowest BCUT2D eigenvalue weighted by Crippen LogP contribution is -2.40. The summed E-state index contributed by atoms with van der Waals surface area (Å²) in [6, 6.07) is -0.0459. The number of aromatic nitrogens is 1. The zero-order chi connectivity index (χ0) is 17.3. The maximum atomic E-state index is 13.9. The topological polar surface area (TPSA) is 58.4 Å². The summed E-state index contributed by atoms with van der Waals surface area (Å²) in [6.45, 7) is 6.91. The van der Waals surface area contributed by atoms with Crippen LogP contribution in [-0.4, -0.2) is 41.1 Å². The average molecular weight is 351 g/mol. The number of thiophene rings is 1. The fraction of sp³-hybridized carbons (Fsp3) is 0.529. The zero-order valence-corrected chi connectivity index (χ0v) is 15.0. The Balaban J connectivity index is 1.61. The van der Waals surface area contributed by atoms with Crippen molar-refractivity contribution in [3.05, 3.63) is 39.2 Å². The number of aryl methyl sites for hydroxylation is 3. The molecule has 0 saturated carbocycles. The van der Waals surface area contributed by atoms with Gasteiger partial charge in [0.2, 0.25) is 5.89 Å². The van der Waals surface area contributed by atoms with Crippen LogP contribution in [0.15, 0.2) is 15.2 Å². The number of rotatable bonds is 5. The molecule has 0 aromatic carbocycles. The third-order valence-electron chi connectivity index (χ3n) is 4.49. The number of likely N-dealkylation sites (tertiary alicyclic amines) is 1. The van der Waals surface area contributed by atoms with Crippen molar-refractivity contribution in [3.8, 4) is 0 Å². The number of hydrogen-bond donors (Lipinski definition) is 1. The average Bonchev–Trinajstić information content (AvgIpc) is 3.18. The van der Waals surface area contributed by atoms with Crippen LogP contribution in [0.4, 0.5) is 4.39 Å². The van der Waals surface area contributed by atoms with Crippen molar-refractivity contribution < 1.29 is 13.6 Å². The van der Waals surface area contributed by atoms with E-state index in [1.807, 2.05) is 36.4 Å². The Labute approximate surface area is 144 Å². The quantitative estimate of drug-likeness (QED) is 0.900. The fourth-order valence-corrected chi connectivity index (χ4v) is 3.84. The normalized spacial score (nSPS) is 21.3. The minimum absolute atomic E-state index is 0.0459. The molecular formula is C17H22FN3O2S. The van der Waals surface area contributed by atoms with Crippen molar-refractivity contribution in [2.24, 2.45) is 0 Å². The van der Waals surface area contributed by atoms with Gasteiger partial charge in [0.25, 0.3) is 5.91 Å². The van der Waals surface area contributed by atoms with Gasteiger partial charge in [-0.25, -0.2) is 9.37 Å². The number of halogens is 1. The van der Waals surface area contributed by atoms with Crippen molar-refractivity contribution >= 4 is 17.2 Å². The van der Waals surface area contributed by atoms with Gasteiger partial charge in [-0.05, 0) is 38.1 Å². The molecule has 3 rings (SSSR count). The van der Waals surface area contributed by atoms with E-state index in [1.165, 1.54) is 11.3 Å². The highest BCUT2D eigenvalue weighted by Crippen LogP contribution is 2.23. The van der Waals surface area contributed by atoms with Gasteiger partial charge < -0.3 is 9.73 Å². The summed E-state index contributed by atoms with van der Waals surface area (Å²) < 4.78 is 19.5. The third-order valence-corrected chi connectivity index (χ3v) is 5.35. The van der Waals surface area contributed by atoms with Crippen LogP contribution in [0, 0.1) is 20.8 Å². The minimum Gasteiger partial charge on any atom is -0.444 e. The molecule has 0 unspecified atom stereocenters. The molecule has 5 nitrogen and oxygen atoms in total. The van der Waals surface area contributed by atoms with Gasteiger partial charge in [0, 0.05) is 24.5 Å². The lowest BCUT2D eigenvalue weighted by Gasteiger charge is -2.22. The van der Waals surface area contributed by atoms with E-state index in [1.54, 1.807) is 0 Å². The SMILES string of the molecule is Cc1cscc1C(=O)NC[C@@H]1C[C@H](F)CN1Cc1nc(C)c(C)o1. The highest BCUT2D eigenvalue weighted by atomic mass is 32.1. The van der Waals surface area contributed by atoms with E-state index in [4.69, 9.17) is 4.42 Å². The summed E-state index contributed by atoms with van der Waals surface area (Å²) in [5.74, 6) is 1.29.